The van der Waals surface area contributed by atoms with Crippen molar-refractivity contribution < 1.29 is 13.2 Å². The SMILES string of the molecule is CNCCn1ccnc1Cc1ccccc1C(F)(F)F. The first-order valence-electron chi connectivity index (χ1n) is 6.32. The average Bonchev–Trinajstić information content (AvgIpc) is 2.83. The van der Waals surface area contributed by atoms with Crippen LogP contribution in [0.3, 0.4) is 0 Å². The summed E-state index contributed by atoms with van der Waals surface area (Å²) in [6.45, 7) is 1.42. The predicted molar refractivity (Wildman–Crippen MR) is 70.4 cm³/mol. The Morgan fingerprint density at radius 1 is 1.25 bits per heavy atom. The molecule has 1 N–H and O–H groups in total. The van der Waals surface area contributed by atoms with Crippen LogP contribution in [0.1, 0.15) is 17.0 Å². The molecule has 2 rings (SSSR count). The van der Waals surface area contributed by atoms with Crippen molar-refractivity contribution in [2.24, 2.45) is 0 Å². The van der Waals surface area contributed by atoms with Gasteiger partial charge in [0, 0.05) is 31.9 Å². The van der Waals surface area contributed by atoms with Crippen molar-refractivity contribution in [2.75, 3.05) is 13.6 Å². The fourth-order valence-corrected chi connectivity index (χ4v) is 2.06. The summed E-state index contributed by atoms with van der Waals surface area (Å²) in [5.74, 6) is 0.636. The molecule has 108 valence electrons. The van der Waals surface area contributed by atoms with Crippen LogP contribution in [0.4, 0.5) is 13.2 Å². The van der Waals surface area contributed by atoms with E-state index in [9.17, 15) is 13.2 Å². The van der Waals surface area contributed by atoms with Gasteiger partial charge in [-0.15, -0.1) is 0 Å². The molecule has 2 aromatic rings. The summed E-state index contributed by atoms with van der Waals surface area (Å²) < 4.78 is 40.7. The second-order valence-electron chi connectivity index (χ2n) is 4.47. The van der Waals surface area contributed by atoms with Gasteiger partial charge in [0.05, 0.1) is 5.56 Å². The lowest BCUT2D eigenvalue weighted by Gasteiger charge is -2.13. The lowest BCUT2D eigenvalue weighted by molar-refractivity contribution is -0.138. The van der Waals surface area contributed by atoms with Gasteiger partial charge in [-0.25, -0.2) is 4.98 Å². The Balaban J connectivity index is 2.25. The van der Waals surface area contributed by atoms with Gasteiger partial charge in [-0.1, -0.05) is 18.2 Å². The zero-order chi connectivity index (χ0) is 14.6. The lowest BCUT2D eigenvalue weighted by atomic mass is 10.0. The van der Waals surface area contributed by atoms with Crippen molar-refractivity contribution in [3.8, 4) is 0 Å². The van der Waals surface area contributed by atoms with Crippen LogP contribution in [0.2, 0.25) is 0 Å². The van der Waals surface area contributed by atoms with Crippen LogP contribution in [0.25, 0.3) is 0 Å². The fourth-order valence-electron chi connectivity index (χ4n) is 2.06. The van der Waals surface area contributed by atoms with Crippen LogP contribution in [0, 0.1) is 0 Å². The zero-order valence-electron chi connectivity index (χ0n) is 11.1. The first kappa shape index (κ1) is 14.6. The predicted octanol–water partition coefficient (Wildman–Crippen LogP) is 2.71. The Kier molecular flexibility index (Phi) is 4.44. The number of hydrogen-bond donors (Lipinski definition) is 1. The maximum atomic E-state index is 12.9. The second-order valence-corrected chi connectivity index (χ2v) is 4.47. The molecule has 0 fully saturated rings. The molecule has 3 nitrogen and oxygen atoms in total. The van der Waals surface area contributed by atoms with Gasteiger partial charge in [0.2, 0.25) is 0 Å². The Labute approximate surface area is 115 Å². The Bertz CT molecular complexity index is 561. The van der Waals surface area contributed by atoms with Gasteiger partial charge in [-0.3, -0.25) is 0 Å². The van der Waals surface area contributed by atoms with E-state index in [1.54, 1.807) is 18.5 Å². The first-order chi connectivity index (χ1) is 9.52. The van der Waals surface area contributed by atoms with E-state index in [0.29, 0.717) is 12.4 Å². The fraction of sp³-hybridized carbons (Fsp3) is 0.357. The average molecular weight is 283 g/mol. The molecule has 0 aliphatic heterocycles. The van der Waals surface area contributed by atoms with E-state index in [0.717, 1.165) is 12.6 Å². The van der Waals surface area contributed by atoms with E-state index in [1.807, 2.05) is 11.6 Å². The number of halogens is 3. The molecule has 0 atom stereocenters. The molecule has 0 saturated carbocycles. The summed E-state index contributed by atoms with van der Waals surface area (Å²) >= 11 is 0. The molecule has 0 saturated heterocycles. The van der Waals surface area contributed by atoms with E-state index >= 15 is 0 Å². The third-order valence-corrected chi connectivity index (χ3v) is 3.08. The number of aromatic nitrogens is 2. The van der Waals surface area contributed by atoms with Gasteiger partial charge in [-0.05, 0) is 18.7 Å². The summed E-state index contributed by atoms with van der Waals surface area (Å²) in [7, 11) is 1.83. The molecule has 0 aliphatic carbocycles. The quantitative estimate of drug-likeness (QED) is 0.914. The van der Waals surface area contributed by atoms with E-state index in [2.05, 4.69) is 10.3 Å². The zero-order valence-corrected chi connectivity index (χ0v) is 11.1. The molecule has 0 aliphatic rings. The number of rotatable bonds is 5. The molecular weight excluding hydrogens is 267 g/mol. The number of nitrogens with zero attached hydrogens (tertiary/aromatic N) is 2. The monoisotopic (exact) mass is 283 g/mol. The molecule has 1 heterocycles. The van der Waals surface area contributed by atoms with Crippen LogP contribution in [-0.2, 0) is 19.1 Å². The minimum Gasteiger partial charge on any atom is -0.333 e. The summed E-state index contributed by atoms with van der Waals surface area (Å²) in [6, 6.07) is 5.63. The van der Waals surface area contributed by atoms with Crippen LogP contribution in [0.15, 0.2) is 36.7 Å². The molecule has 20 heavy (non-hydrogen) atoms. The van der Waals surface area contributed by atoms with Gasteiger partial charge in [0.25, 0.3) is 0 Å². The number of hydrogen-bond acceptors (Lipinski definition) is 2. The Morgan fingerprint density at radius 3 is 2.70 bits per heavy atom. The normalized spacial score (nSPS) is 11.8. The Hall–Kier alpha value is -1.82. The molecule has 0 unspecified atom stereocenters. The highest BCUT2D eigenvalue weighted by Crippen LogP contribution is 2.32. The summed E-state index contributed by atoms with van der Waals surface area (Å²) in [6.07, 6.45) is -0.768. The van der Waals surface area contributed by atoms with Crippen LogP contribution < -0.4 is 5.32 Å². The van der Waals surface area contributed by atoms with Gasteiger partial charge in [0.15, 0.2) is 0 Å². The highest BCUT2D eigenvalue weighted by molar-refractivity contribution is 5.32. The first-order valence-corrected chi connectivity index (χ1v) is 6.32. The van der Waals surface area contributed by atoms with Gasteiger partial charge in [-0.2, -0.15) is 13.2 Å². The van der Waals surface area contributed by atoms with Crippen LogP contribution in [-0.4, -0.2) is 23.1 Å². The number of nitrogens with one attached hydrogen (secondary N) is 1. The Morgan fingerprint density at radius 2 is 2.00 bits per heavy atom. The molecule has 0 amide bonds. The molecule has 0 radical (unpaired) electrons. The topological polar surface area (TPSA) is 29.9 Å². The van der Waals surface area contributed by atoms with E-state index in [-0.39, 0.29) is 12.0 Å². The molecule has 0 spiro atoms. The van der Waals surface area contributed by atoms with E-state index < -0.39 is 11.7 Å². The molecular formula is C14H16F3N3. The summed E-state index contributed by atoms with van der Waals surface area (Å²) in [4.78, 5) is 4.16. The highest BCUT2D eigenvalue weighted by atomic mass is 19.4. The van der Waals surface area contributed by atoms with Crippen LogP contribution >= 0.6 is 0 Å². The third kappa shape index (κ3) is 3.39. The van der Waals surface area contributed by atoms with Crippen molar-refractivity contribution in [3.63, 3.8) is 0 Å². The number of alkyl halides is 3. The number of imidazole rings is 1. The standard InChI is InChI=1S/C14H16F3N3/c1-18-6-8-20-9-7-19-13(20)10-11-4-2-3-5-12(11)14(15,16)17/h2-5,7,9,18H,6,8,10H2,1H3. The minimum atomic E-state index is -4.33. The maximum Gasteiger partial charge on any atom is 0.416 e. The number of likely N-dealkylation sites (N-methyl/N-ethyl adjacent to an activating group) is 1. The summed E-state index contributed by atoms with van der Waals surface area (Å²) in [5, 5.41) is 3.00. The largest absolute Gasteiger partial charge is 0.416 e. The van der Waals surface area contributed by atoms with E-state index in [4.69, 9.17) is 0 Å². The smallest absolute Gasteiger partial charge is 0.333 e. The van der Waals surface area contributed by atoms with Crippen LogP contribution in [0.5, 0.6) is 0 Å². The molecule has 0 bridgehead atoms. The van der Waals surface area contributed by atoms with Crippen molar-refractivity contribution in [1.29, 1.82) is 0 Å². The van der Waals surface area contributed by atoms with Gasteiger partial charge in [0.1, 0.15) is 5.82 Å². The molecule has 6 heteroatoms. The summed E-state index contributed by atoms with van der Waals surface area (Å²) in [5.41, 5.74) is -0.347. The number of benzene rings is 1. The van der Waals surface area contributed by atoms with Crippen molar-refractivity contribution in [1.82, 2.24) is 14.9 Å². The van der Waals surface area contributed by atoms with Crippen molar-refractivity contribution >= 4 is 0 Å². The maximum absolute atomic E-state index is 12.9. The second kappa shape index (κ2) is 6.09. The molecule has 1 aromatic carbocycles. The molecule has 1 aromatic heterocycles. The lowest BCUT2D eigenvalue weighted by Crippen LogP contribution is -2.17. The van der Waals surface area contributed by atoms with Crippen molar-refractivity contribution in [2.45, 2.75) is 19.1 Å². The minimum absolute atomic E-state index is 0.173. The van der Waals surface area contributed by atoms with E-state index in [1.165, 1.54) is 12.1 Å². The highest BCUT2D eigenvalue weighted by Gasteiger charge is 2.33. The van der Waals surface area contributed by atoms with Gasteiger partial charge < -0.3 is 9.88 Å². The van der Waals surface area contributed by atoms with Gasteiger partial charge >= 0.3 is 6.18 Å². The van der Waals surface area contributed by atoms with Crippen molar-refractivity contribution in [3.05, 3.63) is 53.6 Å². The third-order valence-electron chi connectivity index (χ3n) is 3.08.